The number of thiazole rings is 1. The van der Waals surface area contributed by atoms with Crippen LogP contribution in [0.15, 0.2) is 24.3 Å². The third-order valence-electron chi connectivity index (χ3n) is 3.70. The van der Waals surface area contributed by atoms with Crippen molar-refractivity contribution < 1.29 is 9.90 Å². The molecule has 0 aliphatic carbocycles. The Bertz CT molecular complexity index is 561. The summed E-state index contributed by atoms with van der Waals surface area (Å²) in [5, 5.41) is 10.4. The fourth-order valence-electron chi connectivity index (χ4n) is 2.19. The first kappa shape index (κ1) is 14.0. The van der Waals surface area contributed by atoms with Crippen molar-refractivity contribution >= 4 is 27.5 Å². The molecular weight excluding hydrogens is 260 g/mol. The van der Waals surface area contributed by atoms with Gasteiger partial charge in [-0.1, -0.05) is 26.0 Å². The molecule has 0 fully saturated rings. The van der Waals surface area contributed by atoms with Crippen LogP contribution in [0.25, 0.3) is 10.2 Å². The van der Waals surface area contributed by atoms with Crippen LogP contribution in [0.3, 0.4) is 0 Å². The van der Waals surface area contributed by atoms with Crippen molar-refractivity contribution in [2.45, 2.75) is 20.3 Å². The van der Waals surface area contributed by atoms with Gasteiger partial charge < -0.3 is 10.8 Å². The van der Waals surface area contributed by atoms with Gasteiger partial charge in [0, 0.05) is 13.0 Å². The molecule has 0 bridgehead atoms. The van der Waals surface area contributed by atoms with Gasteiger partial charge in [0.05, 0.1) is 20.6 Å². The fourth-order valence-corrected chi connectivity index (χ4v) is 3.28. The van der Waals surface area contributed by atoms with Gasteiger partial charge in [-0.3, -0.25) is 4.79 Å². The van der Waals surface area contributed by atoms with Crippen molar-refractivity contribution in [3.8, 4) is 0 Å². The lowest BCUT2D eigenvalue weighted by molar-refractivity contribution is -0.151. The molecule has 0 radical (unpaired) electrons. The molecule has 0 saturated heterocycles. The molecule has 5 heteroatoms. The number of benzene rings is 1. The van der Waals surface area contributed by atoms with Crippen LogP contribution < -0.4 is 5.73 Å². The number of hydrogen-bond donors (Lipinski definition) is 2. The molecule has 4 nitrogen and oxygen atoms in total. The average Bonchev–Trinajstić information content (AvgIpc) is 2.77. The highest BCUT2D eigenvalue weighted by molar-refractivity contribution is 7.18. The molecule has 1 atom stereocenters. The monoisotopic (exact) mass is 278 g/mol. The van der Waals surface area contributed by atoms with E-state index < -0.39 is 11.4 Å². The number of carbonyl (C=O) groups is 1. The Labute approximate surface area is 116 Å². The minimum atomic E-state index is -0.937. The molecule has 2 rings (SSSR count). The molecule has 1 aromatic heterocycles. The second-order valence-electron chi connectivity index (χ2n) is 5.07. The van der Waals surface area contributed by atoms with Crippen LogP contribution in [0, 0.1) is 11.3 Å². The molecule has 0 amide bonds. The molecule has 3 N–H and O–H groups in total. The first-order valence-electron chi connectivity index (χ1n) is 6.27. The normalized spacial score (nSPS) is 14.7. The van der Waals surface area contributed by atoms with Gasteiger partial charge in [0.15, 0.2) is 0 Å². The SMILES string of the molecule is CC(C)C(CN)(Cc1nc2ccccc2s1)C(=O)O. The van der Waals surface area contributed by atoms with Crippen molar-refractivity contribution in [2.75, 3.05) is 6.54 Å². The molecule has 2 aromatic rings. The number of fused-ring (bicyclic) bond motifs is 1. The van der Waals surface area contributed by atoms with Gasteiger partial charge in [0.2, 0.25) is 0 Å². The largest absolute Gasteiger partial charge is 0.481 e. The number of nitrogens with zero attached hydrogens (tertiary/aromatic N) is 1. The molecule has 0 aliphatic rings. The summed E-state index contributed by atoms with van der Waals surface area (Å²) in [5.41, 5.74) is 5.73. The maximum atomic E-state index is 11.6. The Balaban J connectivity index is 2.38. The number of carboxylic acids is 1. The van der Waals surface area contributed by atoms with E-state index in [9.17, 15) is 9.90 Å². The Hall–Kier alpha value is -1.46. The van der Waals surface area contributed by atoms with Crippen LogP contribution >= 0.6 is 11.3 Å². The van der Waals surface area contributed by atoms with Gasteiger partial charge in [-0.2, -0.15) is 0 Å². The minimum Gasteiger partial charge on any atom is -0.481 e. The quantitative estimate of drug-likeness (QED) is 0.881. The van der Waals surface area contributed by atoms with Crippen LogP contribution in [0.4, 0.5) is 0 Å². The van der Waals surface area contributed by atoms with E-state index in [0.29, 0.717) is 6.42 Å². The van der Waals surface area contributed by atoms with Gasteiger partial charge >= 0.3 is 5.97 Å². The van der Waals surface area contributed by atoms with E-state index in [-0.39, 0.29) is 12.5 Å². The summed E-state index contributed by atoms with van der Waals surface area (Å²) in [5.74, 6) is -0.883. The topological polar surface area (TPSA) is 76.2 Å². The third-order valence-corrected chi connectivity index (χ3v) is 4.74. The van der Waals surface area contributed by atoms with Gasteiger partial charge in [0.25, 0.3) is 0 Å². The zero-order valence-corrected chi connectivity index (χ0v) is 11.9. The van der Waals surface area contributed by atoms with Crippen molar-refractivity contribution in [3.05, 3.63) is 29.3 Å². The first-order chi connectivity index (χ1) is 8.99. The first-order valence-corrected chi connectivity index (χ1v) is 7.09. The van der Waals surface area contributed by atoms with Crippen LogP contribution in [-0.2, 0) is 11.2 Å². The summed E-state index contributed by atoms with van der Waals surface area (Å²) in [4.78, 5) is 16.1. The minimum absolute atomic E-state index is 0.0398. The summed E-state index contributed by atoms with van der Waals surface area (Å²) in [6.07, 6.45) is 0.385. The van der Waals surface area contributed by atoms with Gasteiger partial charge in [-0.05, 0) is 18.1 Å². The summed E-state index contributed by atoms with van der Waals surface area (Å²) in [6, 6.07) is 7.83. The van der Waals surface area contributed by atoms with E-state index in [4.69, 9.17) is 5.73 Å². The number of para-hydroxylation sites is 1. The fraction of sp³-hybridized carbons (Fsp3) is 0.429. The summed E-state index contributed by atoms with van der Waals surface area (Å²) < 4.78 is 1.08. The lowest BCUT2D eigenvalue weighted by atomic mass is 9.74. The van der Waals surface area contributed by atoms with Gasteiger partial charge in [-0.15, -0.1) is 11.3 Å². The van der Waals surface area contributed by atoms with Crippen molar-refractivity contribution in [1.82, 2.24) is 4.98 Å². The van der Waals surface area contributed by atoms with E-state index in [1.165, 1.54) is 0 Å². The standard InChI is InChI=1S/C14H18N2O2S/c1-9(2)14(8-15,13(17)18)7-12-16-10-5-3-4-6-11(10)19-12/h3-6,9H,7-8,15H2,1-2H3,(H,17,18). The Kier molecular flexibility index (Phi) is 3.87. The van der Waals surface area contributed by atoms with Crippen molar-refractivity contribution in [3.63, 3.8) is 0 Å². The maximum absolute atomic E-state index is 11.6. The number of carboxylic acid groups (broad SMARTS) is 1. The number of nitrogens with two attached hydrogens (primary N) is 1. The number of hydrogen-bond acceptors (Lipinski definition) is 4. The molecule has 0 aliphatic heterocycles. The predicted molar refractivity (Wildman–Crippen MR) is 77.3 cm³/mol. The van der Waals surface area contributed by atoms with Gasteiger partial charge in [-0.25, -0.2) is 4.98 Å². The number of aliphatic carboxylic acids is 1. The van der Waals surface area contributed by atoms with E-state index in [2.05, 4.69) is 4.98 Å². The molecule has 19 heavy (non-hydrogen) atoms. The maximum Gasteiger partial charge on any atom is 0.311 e. The molecule has 1 heterocycles. The van der Waals surface area contributed by atoms with E-state index in [1.807, 2.05) is 38.1 Å². The molecule has 102 valence electrons. The van der Waals surface area contributed by atoms with Gasteiger partial charge in [0.1, 0.15) is 0 Å². The Morgan fingerprint density at radius 1 is 1.47 bits per heavy atom. The molecular formula is C14H18N2O2S. The second kappa shape index (κ2) is 5.27. The smallest absolute Gasteiger partial charge is 0.311 e. The van der Waals surface area contributed by atoms with E-state index in [0.717, 1.165) is 15.2 Å². The van der Waals surface area contributed by atoms with Crippen LogP contribution in [0.1, 0.15) is 18.9 Å². The average molecular weight is 278 g/mol. The van der Waals surface area contributed by atoms with Crippen LogP contribution in [-0.4, -0.2) is 22.6 Å². The molecule has 0 spiro atoms. The Morgan fingerprint density at radius 2 is 2.16 bits per heavy atom. The van der Waals surface area contributed by atoms with E-state index >= 15 is 0 Å². The zero-order chi connectivity index (χ0) is 14.0. The highest BCUT2D eigenvalue weighted by atomic mass is 32.1. The molecule has 1 aromatic carbocycles. The zero-order valence-electron chi connectivity index (χ0n) is 11.1. The van der Waals surface area contributed by atoms with Crippen molar-refractivity contribution in [2.24, 2.45) is 17.1 Å². The third kappa shape index (κ3) is 2.48. The van der Waals surface area contributed by atoms with Crippen LogP contribution in [0.5, 0.6) is 0 Å². The lowest BCUT2D eigenvalue weighted by Crippen LogP contribution is -2.44. The summed E-state index contributed by atoms with van der Waals surface area (Å²) >= 11 is 1.54. The van der Waals surface area contributed by atoms with Crippen LogP contribution in [0.2, 0.25) is 0 Å². The number of aromatic nitrogens is 1. The van der Waals surface area contributed by atoms with E-state index in [1.54, 1.807) is 11.3 Å². The van der Waals surface area contributed by atoms with Crippen molar-refractivity contribution in [1.29, 1.82) is 0 Å². The lowest BCUT2D eigenvalue weighted by Gasteiger charge is -2.31. The molecule has 0 saturated carbocycles. The highest BCUT2D eigenvalue weighted by Gasteiger charge is 2.41. The predicted octanol–water partition coefficient (Wildman–Crippen LogP) is 2.52. The molecule has 1 unspecified atom stereocenters. The highest BCUT2D eigenvalue weighted by Crippen LogP contribution is 2.34. The summed E-state index contributed by atoms with van der Waals surface area (Å²) in [7, 11) is 0. The summed E-state index contributed by atoms with van der Waals surface area (Å²) in [6.45, 7) is 3.92. The second-order valence-corrected chi connectivity index (χ2v) is 6.19. The number of rotatable bonds is 5. The Morgan fingerprint density at radius 3 is 2.68 bits per heavy atom.